The molecule has 0 fully saturated rings. The van der Waals surface area contributed by atoms with Gasteiger partial charge >= 0.3 is 17.9 Å². The lowest BCUT2D eigenvalue weighted by molar-refractivity contribution is -0.144. The molecule has 8 nitrogen and oxygen atoms in total. The van der Waals surface area contributed by atoms with Crippen LogP contribution < -0.4 is 0 Å². The van der Waals surface area contributed by atoms with E-state index in [1.165, 1.54) is 0 Å². The van der Waals surface area contributed by atoms with E-state index in [0.717, 1.165) is 5.56 Å². The van der Waals surface area contributed by atoms with Crippen LogP contribution in [0.2, 0.25) is 0 Å². The van der Waals surface area contributed by atoms with Crippen LogP contribution in [0.4, 0.5) is 0 Å². The lowest BCUT2D eigenvalue weighted by Crippen LogP contribution is -2.34. The first-order valence-corrected chi connectivity index (χ1v) is 13.4. The molecule has 0 aliphatic heterocycles. The van der Waals surface area contributed by atoms with Gasteiger partial charge in [-0.05, 0) is 56.6 Å². The average Bonchev–Trinajstić information content (AvgIpc) is 2.71. The van der Waals surface area contributed by atoms with Crippen molar-refractivity contribution in [1.29, 1.82) is 0 Å². The van der Waals surface area contributed by atoms with Crippen molar-refractivity contribution in [3.63, 3.8) is 0 Å². The minimum Gasteiger partial charge on any atom is -0.481 e. The summed E-state index contributed by atoms with van der Waals surface area (Å²) < 4.78 is 34.4. The second kappa shape index (κ2) is 12.9. The molecule has 192 valence electrons. The molecular formula is C25H38O8S. The Morgan fingerprint density at radius 1 is 0.971 bits per heavy atom. The summed E-state index contributed by atoms with van der Waals surface area (Å²) in [6.07, 6.45) is 1.94. The molecule has 0 bridgehead atoms. The third-order valence-electron chi connectivity index (χ3n) is 5.74. The number of carbonyl (C=O) groups is 3. The zero-order chi connectivity index (χ0) is 26.0. The Bertz CT molecular complexity index is 951. The van der Waals surface area contributed by atoms with Gasteiger partial charge in [0.25, 0.3) is 0 Å². The van der Waals surface area contributed by atoms with Gasteiger partial charge in [-0.3, -0.25) is 14.4 Å². The highest BCUT2D eigenvalue weighted by molar-refractivity contribution is 7.92. The zero-order valence-corrected chi connectivity index (χ0v) is 21.7. The van der Waals surface area contributed by atoms with E-state index in [-0.39, 0.29) is 24.7 Å². The predicted octanol–water partition coefficient (Wildman–Crippen LogP) is 3.70. The van der Waals surface area contributed by atoms with Crippen molar-refractivity contribution in [1.82, 2.24) is 0 Å². The highest BCUT2D eigenvalue weighted by atomic mass is 32.2. The molecule has 1 aromatic carbocycles. The van der Waals surface area contributed by atoms with Gasteiger partial charge in [-0.1, -0.05) is 44.5 Å². The molecule has 9 heteroatoms. The molecular weight excluding hydrogens is 460 g/mol. The standard InChI is InChI=1S/C25H38O8S/c1-6-32-21(26)13-12-19-10-8-11-20(16-19)25(5,23(28)29)15-9-14-24(3,4)18-34(30,31)17-22(27)33-7-2/h8,10-11,16H,6-7,9,12-15,17-18H2,1-5H3,(H,28,29). The number of carboxylic acids is 1. The zero-order valence-electron chi connectivity index (χ0n) is 20.9. The van der Waals surface area contributed by atoms with Crippen LogP contribution in [0.25, 0.3) is 0 Å². The normalized spacial score (nSPS) is 13.7. The van der Waals surface area contributed by atoms with Crippen LogP contribution in [0.3, 0.4) is 0 Å². The molecule has 1 aromatic rings. The van der Waals surface area contributed by atoms with Crippen LogP contribution in [0.5, 0.6) is 0 Å². The number of ether oxygens (including phenoxy) is 2. The number of rotatable bonds is 15. The first kappa shape index (κ1) is 29.6. The van der Waals surface area contributed by atoms with Crippen LogP contribution in [0.1, 0.15) is 71.4 Å². The number of carbonyl (C=O) groups excluding carboxylic acids is 2. The van der Waals surface area contributed by atoms with Gasteiger partial charge in [0.15, 0.2) is 9.84 Å². The number of esters is 2. The van der Waals surface area contributed by atoms with Crippen molar-refractivity contribution in [2.24, 2.45) is 5.41 Å². The molecule has 34 heavy (non-hydrogen) atoms. The summed E-state index contributed by atoms with van der Waals surface area (Å²) in [7, 11) is -3.65. The Hall–Kier alpha value is -2.42. The smallest absolute Gasteiger partial charge is 0.321 e. The van der Waals surface area contributed by atoms with Crippen molar-refractivity contribution in [3.8, 4) is 0 Å². The predicted molar refractivity (Wildman–Crippen MR) is 129 cm³/mol. The molecule has 1 unspecified atom stereocenters. The summed E-state index contributed by atoms with van der Waals surface area (Å²) in [5.41, 5.74) is -0.316. The van der Waals surface area contributed by atoms with Crippen LogP contribution in [0, 0.1) is 5.41 Å². The van der Waals surface area contributed by atoms with E-state index in [4.69, 9.17) is 9.47 Å². The second-order valence-corrected chi connectivity index (χ2v) is 11.6. The molecule has 0 heterocycles. The summed E-state index contributed by atoms with van der Waals surface area (Å²) in [5.74, 6) is -2.88. The van der Waals surface area contributed by atoms with Crippen LogP contribution in [0.15, 0.2) is 24.3 Å². The van der Waals surface area contributed by atoms with E-state index in [9.17, 15) is 27.9 Å². The van der Waals surface area contributed by atoms with Gasteiger partial charge in [-0.2, -0.15) is 0 Å². The van der Waals surface area contributed by atoms with E-state index >= 15 is 0 Å². The van der Waals surface area contributed by atoms with Crippen LogP contribution in [-0.4, -0.2) is 56.2 Å². The molecule has 0 saturated heterocycles. The number of hydrogen-bond acceptors (Lipinski definition) is 7. The number of carboxylic acid groups (broad SMARTS) is 1. The van der Waals surface area contributed by atoms with Crippen molar-refractivity contribution in [2.75, 3.05) is 24.7 Å². The van der Waals surface area contributed by atoms with Crippen molar-refractivity contribution in [3.05, 3.63) is 35.4 Å². The van der Waals surface area contributed by atoms with E-state index in [1.807, 2.05) is 12.1 Å². The lowest BCUT2D eigenvalue weighted by Gasteiger charge is -2.29. The molecule has 1 atom stereocenters. The van der Waals surface area contributed by atoms with E-state index in [0.29, 0.717) is 37.9 Å². The summed E-state index contributed by atoms with van der Waals surface area (Å²) in [4.78, 5) is 35.5. The number of hydrogen-bond donors (Lipinski definition) is 1. The summed E-state index contributed by atoms with van der Waals surface area (Å²) in [6.45, 7) is 9.04. The van der Waals surface area contributed by atoms with Gasteiger partial charge in [0, 0.05) is 6.42 Å². The fraction of sp³-hybridized carbons (Fsp3) is 0.640. The summed E-state index contributed by atoms with van der Waals surface area (Å²) >= 11 is 0. The molecule has 0 aromatic heterocycles. The maximum absolute atomic E-state index is 12.4. The quantitative estimate of drug-likeness (QED) is 0.363. The maximum Gasteiger partial charge on any atom is 0.321 e. The van der Waals surface area contributed by atoms with Crippen molar-refractivity contribution >= 4 is 27.7 Å². The third-order valence-corrected chi connectivity index (χ3v) is 7.64. The van der Waals surface area contributed by atoms with Gasteiger partial charge in [-0.15, -0.1) is 0 Å². The first-order valence-electron chi connectivity index (χ1n) is 11.6. The third kappa shape index (κ3) is 9.83. The van der Waals surface area contributed by atoms with E-state index in [2.05, 4.69) is 0 Å². The minimum absolute atomic E-state index is 0.121. The highest BCUT2D eigenvalue weighted by Gasteiger charge is 2.36. The molecule has 1 rings (SSSR count). The Balaban J connectivity index is 2.85. The molecule has 0 aliphatic rings. The summed E-state index contributed by atoms with van der Waals surface area (Å²) in [5, 5.41) is 10.0. The topological polar surface area (TPSA) is 124 Å². The Labute approximate surface area is 202 Å². The molecule has 0 radical (unpaired) electrons. The minimum atomic E-state index is -3.65. The van der Waals surface area contributed by atoms with Crippen molar-refractivity contribution < 1.29 is 37.4 Å². The van der Waals surface area contributed by atoms with Crippen LogP contribution in [-0.2, 0) is 45.5 Å². The number of aliphatic carboxylic acids is 1. The van der Waals surface area contributed by atoms with Gasteiger partial charge in [0.2, 0.25) is 0 Å². The maximum atomic E-state index is 12.4. The largest absolute Gasteiger partial charge is 0.481 e. The number of benzene rings is 1. The molecule has 0 amide bonds. The van der Waals surface area contributed by atoms with E-state index < -0.39 is 38.4 Å². The van der Waals surface area contributed by atoms with Crippen LogP contribution >= 0.6 is 0 Å². The Kier molecular flexibility index (Phi) is 11.2. The first-order chi connectivity index (χ1) is 15.7. The second-order valence-electron chi connectivity index (χ2n) is 9.50. The highest BCUT2D eigenvalue weighted by Crippen LogP contribution is 2.34. The summed E-state index contributed by atoms with van der Waals surface area (Å²) in [6, 6.07) is 7.20. The average molecular weight is 499 g/mol. The fourth-order valence-electron chi connectivity index (χ4n) is 3.95. The van der Waals surface area contributed by atoms with Gasteiger partial charge in [-0.25, -0.2) is 8.42 Å². The van der Waals surface area contributed by atoms with Gasteiger partial charge in [0.1, 0.15) is 5.75 Å². The van der Waals surface area contributed by atoms with Gasteiger partial charge < -0.3 is 14.6 Å². The van der Waals surface area contributed by atoms with Crippen molar-refractivity contribution in [2.45, 2.75) is 72.1 Å². The fourth-order valence-corrected chi connectivity index (χ4v) is 5.83. The number of aryl methyl sites for hydroxylation is 1. The number of sulfone groups is 1. The monoisotopic (exact) mass is 498 g/mol. The lowest BCUT2D eigenvalue weighted by atomic mass is 9.76. The Morgan fingerprint density at radius 2 is 1.59 bits per heavy atom. The Morgan fingerprint density at radius 3 is 2.18 bits per heavy atom. The molecule has 0 spiro atoms. The molecule has 0 aliphatic carbocycles. The SMILES string of the molecule is CCOC(=O)CCc1cccc(C(C)(CCCC(C)(C)CS(=O)(=O)CC(=O)OCC)C(=O)O)c1. The van der Waals surface area contributed by atoms with Gasteiger partial charge in [0.05, 0.1) is 24.4 Å². The molecule has 1 N–H and O–H groups in total. The molecule has 0 saturated carbocycles. The van der Waals surface area contributed by atoms with E-state index in [1.54, 1.807) is 46.8 Å².